The van der Waals surface area contributed by atoms with Gasteiger partial charge in [-0.05, 0) is 36.2 Å². The fourth-order valence-electron chi connectivity index (χ4n) is 2.71. The van der Waals surface area contributed by atoms with Gasteiger partial charge in [0.1, 0.15) is 5.75 Å². The molecule has 0 fully saturated rings. The van der Waals surface area contributed by atoms with E-state index in [0.717, 1.165) is 48.2 Å². The van der Waals surface area contributed by atoms with Crippen LogP contribution in [-0.2, 0) is 13.0 Å². The summed E-state index contributed by atoms with van der Waals surface area (Å²) < 4.78 is 10.6. The Balaban J connectivity index is 1.78. The van der Waals surface area contributed by atoms with Crippen molar-refractivity contribution < 1.29 is 13.9 Å². The normalized spacial score (nSPS) is 12.8. The van der Waals surface area contributed by atoms with Crippen molar-refractivity contribution in [3.05, 3.63) is 53.5 Å². The molecule has 4 nitrogen and oxygen atoms in total. The van der Waals surface area contributed by atoms with Crippen molar-refractivity contribution in [2.75, 3.05) is 13.2 Å². The zero-order chi connectivity index (χ0) is 15.4. The Kier molecular flexibility index (Phi) is 4.47. The van der Waals surface area contributed by atoms with Gasteiger partial charge >= 0.3 is 0 Å². The number of fused-ring (bicyclic) bond motifs is 1. The van der Waals surface area contributed by atoms with E-state index in [4.69, 9.17) is 9.15 Å². The second kappa shape index (κ2) is 6.69. The molecule has 22 heavy (non-hydrogen) atoms. The summed E-state index contributed by atoms with van der Waals surface area (Å²) in [6.07, 6.45) is 6.28. The van der Waals surface area contributed by atoms with Crippen molar-refractivity contribution in [3.8, 4) is 5.75 Å². The van der Waals surface area contributed by atoms with E-state index in [9.17, 15) is 4.79 Å². The van der Waals surface area contributed by atoms with Crippen molar-refractivity contribution in [1.29, 1.82) is 0 Å². The first-order valence-electron chi connectivity index (χ1n) is 7.84. The zero-order valence-corrected chi connectivity index (χ0v) is 12.9. The number of unbranched alkanes of at least 4 members (excludes halogenated alkanes) is 1. The van der Waals surface area contributed by atoms with E-state index in [2.05, 4.69) is 6.92 Å². The summed E-state index contributed by atoms with van der Waals surface area (Å²) in [6, 6.07) is 7.65. The van der Waals surface area contributed by atoms with Gasteiger partial charge < -0.3 is 14.1 Å². The molecule has 0 bridgehead atoms. The first-order chi connectivity index (χ1) is 10.8. The number of carbonyl (C=O) groups is 1. The largest absolute Gasteiger partial charge is 0.493 e. The fraction of sp³-hybridized carbons (Fsp3) is 0.389. The van der Waals surface area contributed by atoms with Crippen LogP contribution in [0.25, 0.3) is 0 Å². The Labute approximate surface area is 130 Å². The van der Waals surface area contributed by atoms with Crippen LogP contribution in [0.4, 0.5) is 0 Å². The van der Waals surface area contributed by atoms with E-state index >= 15 is 0 Å². The maximum atomic E-state index is 12.8. The predicted molar refractivity (Wildman–Crippen MR) is 84.0 cm³/mol. The van der Waals surface area contributed by atoms with Crippen LogP contribution in [0.1, 0.15) is 41.3 Å². The first kappa shape index (κ1) is 14.7. The van der Waals surface area contributed by atoms with Crippen LogP contribution < -0.4 is 4.74 Å². The molecule has 0 saturated heterocycles. The van der Waals surface area contributed by atoms with Crippen LogP contribution in [0.15, 0.2) is 41.2 Å². The molecule has 0 spiro atoms. The zero-order valence-electron chi connectivity index (χ0n) is 12.9. The number of rotatable bonds is 6. The van der Waals surface area contributed by atoms with Crippen LogP contribution >= 0.6 is 0 Å². The molecule has 0 atom stereocenters. The second-order valence-corrected chi connectivity index (χ2v) is 5.63. The third-order valence-electron chi connectivity index (χ3n) is 3.96. The molecule has 116 valence electrons. The van der Waals surface area contributed by atoms with Crippen molar-refractivity contribution in [3.63, 3.8) is 0 Å². The van der Waals surface area contributed by atoms with E-state index in [0.29, 0.717) is 13.2 Å². The van der Waals surface area contributed by atoms with Crippen LogP contribution in [-0.4, -0.2) is 24.0 Å². The van der Waals surface area contributed by atoms with Crippen molar-refractivity contribution in [1.82, 2.24) is 4.90 Å². The molecule has 3 rings (SSSR count). The van der Waals surface area contributed by atoms with Crippen LogP contribution in [0, 0.1) is 0 Å². The van der Waals surface area contributed by atoms with E-state index in [1.807, 2.05) is 29.2 Å². The highest BCUT2D eigenvalue weighted by Gasteiger charge is 2.19. The average Bonchev–Trinajstić information content (AvgIpc) is 3.21. The molecule has 1 amide bonds. The summed E-state index contributed by atoms with van der Waals surface area (Å²) in [7, 11) is 0. The Bertz CT molecular complexity index is 634. The molecule has 0 radical (unpaired) electrons. The van der Waals surface area contributed by atoms with E-state index < -0.39 is 0 Å². The molecule has 0 unspecified atom stereocenters. The Morgan fingerprint density at radius 2 is 2.23 bits per heavy atom. The van der Waals surface area contributed by atoms with Gasteiger partial charge in [-0.15, -0.1) is 0 Å². The van der Waals surface area contributed by atoms with Crippen LogP contribution in [0.2, 0.25) is 0 Å². The molecular weight excluding hydrogens is 278 g/mol. The summed E-state index contributed by atoms with van der Waals surface area (Å²) >= 11 is 0. The second-order valence-electron chi connectivity index (χ2n) is 5.63. The molecule has 4 heteroatoms. The molecule has 1 aromatic heterocycles. The number of benzene rings is 1. The third-order valence-corrected chi connectivity index (χ3v) is 3.96. The lowest BCUT2D eigenvalue weighted by Gasteiger charge is -2.22. The topological polar surface area (TPSA) is 42.7 Å². The van der Waals surface area contributed by atoms with Crippen molar-refractivity contribution >= 4 is 5.91 Å². The summed E-state index contributed by atoms with van der Waals surface area (Å²) in [5.41, 5.74) is 2.89. The molecule has 2 aromatic rings. The molecule has 2 heterocycles. The molecule has 0 aliphatic carbocycles. The third kappa shape index (κ3) is 3.16. The van der Waals surface area contributed by atoms with Gasteiger partial charge in [0.25, 0.3) is 5.91 Å². The molecule has 0 saturated carbocycles. The predicted octanol–water partition coefficient (Wildman–Crippen LogP) is 3.66. The van der Waals surface area contributed by atoms with E-state index in [-0.39, 0.29) is 5.91 Å². The highest BCUT2D eigenvalue weighted by atomic mass is 16.5. The van der Waals surface area contributed by atoms with Gasteiger partial charge in [0.15, 0.2) is 0 Å². The van der Waals surface area contributed by atoms with E-state index in [1.165, 1.54) is 0 Å². The first-order valence-corrected chi connectivity index (χ1v) is 7.84. The number of hydrogen-bond acceptors (Lipinski definition) is 3. The minimum absolute atomic E-state index is 0.0735. The van der Waals surface area contributed by atoms with Gasteiger partial charge in [0.05, 0.1) is 19.1 Å². The molecule has 1 aliphatic heterocycles. The highest BCUT2D eigenvalue weighted by Crippen LogP contribution is 2.26. The van der Waals surface area contributed by atoms with Crippen LogP contribution in [0.5, 0.6) is 5.75 Å². The van der Waals surface area contributed by atoms with Gasteiger partial charge in [-0.2, -0.15) is 0 Å². The maximum absolute atomic E-state index is 12.8. The number of ether oxygens (including phenoxy) is 1. The maximum Gasteiger partial charge on any atom is 0.254 e. The quantitative estimate of drug-likeness (QED) is 0.817. The summed E-state index contributed by atoms with van der Waals surface area (Å²) in [6.45, 7) is 4.19. The lowest BCUT2D eigenvalue weighted by molar-refractivity contribution is 0.0740. The van der Waals surface area contributed by atoms with Gasteiger partial charge in [0, 0.05) is 30.6 Å². The summed E-state index contributed by atoms with van der Waals surface area (Å²) in [4.78, 5) is 14.7. The summed E-state index contributed by atoms with van der Waals surface area (Å²) in [5.74, 6) is 0.982. The van der Waals surface area contributed by atoms with Gasteiger partial charge in [0.2, 0.25) is 0 Å². The van der Waals surface area contributed by atoms with Gasteiger partial charge in [-0.25, -0.2) is 0 Å². The molecular formula is C18H21NO3. The number of amides is 1. The van der Waals surface area contributed by atoms with Crippen molar-refractivity contribution in [2.24, 2.45) is 0 Å². The lowest BCUT2D eigenvalue weighted by atomic mass is 10.1. The average molecular weight is 299 g/mol. The smallest absolute Gasteiger partial charge is 0.254 e. The van der Waals surface area contributed by atoms with Gasteiger partial charge in [-0.1, -0.05) is 13.3 Å². The molecule has 0 N–H and O–H groups in total. The minimum Gasteiger partial charge on any atom is -0.493 e. The highest BCUT2D eigenvalue weighted by molar-refractivity contribution is 5.94. The number of furan rings is 1. The SMILES string of the molecule is CCCCN(Cc1ccoc1)C(=O)c1ccc2c(c1)CCO2. The molecule has 1 aliphatic rings. The Morgan fingerprint density at radius 1 is 1.32 bits per heavy atom. The van der Waals surface area contributed by atoms with E-state index in [1.54, 1.807) is 12.5 Å². The monoisotopic (exact) mass is 299 g/mol. The minimum atomic E-state index is 0.0735. The number of nitrogens with zero attached hydrogens (tertiary/aromatic N) is 1. The lowest BCUT2D eigenvalue weighted by Crippen LogP contribution is -2.31. The summed E-state index contributed by atoms with van der Waals surface area (Å²) in [5, 5.41) is 0. The fourth-order valence-corrected chi connectivity index (χ4v) is 2.71. The number of hydrogen-bond donors (Lipinski definition) is 0. The standard InChI is InChI=1S/C18H21NO3/c1-2-3-8-19(12-14-6-9-21-13-14)18(20)16-4-5-17-15(11-16)7-10-22-17/h4-6,9,11,13H,2-3,7-8,10,12H2,1H3. The van der Waals surface area contributed by atoms with Gasteiger partial charge in [-0.3, -0.25) is 4.79 Å². The van der Waals surface area contributed by atoms with Crippen LogP contribution in [0.3, 0.4) is 0 Å². The Hall–Kier alpha value is -2.23. The Morgan fingerprint density at radius 3 is 3.00 bits per heavy atom. The van der Waals surface area contributed by atoms with Crippen molar-refractivity contribution in [2.45, 2.75) is 32.7 Å². The number of carbonyl (C=O) groups excluding carboxylic acids is 1. The molecule has 1 aromatic carbocycles.